The molecule has 0 saturated carbocycles. The molecule has 3 heterocycles. The first-order valence-corrected chi connectivity index (χ1v) is 9.37. The molecular formula is C19H22ClN3O3. The number of hydrogen-bond donors (Lipinski definition) is 0. The summed E-state index contributed by atoms with van der Waals surface area (Å²) in [4.78, 5) is 15.1. The molecule has 1 aromatic heterocycles. The molecule has 2 aliphatic rings. The van der Waals surface area contributed by atoms with Gasteiger partial charge in [-0.3, -0.25) is 4.79 Å². The van der Waals surface area contributed by atoms with Crippen LogP contribution in [0.25, 0.3) is 5.69 Å². The third-order valence-electron chi connectivity index (χ3n) is 5.06. The van der Waals surface area contributed by atoms with Crippen molar-refractivity contribution in [3.05, 3.63) is 46.7 Å². The van der Waals surface area contributed by atoms with Crippen LogP contribution in [0.4, 0.5) is 0 Å². The van der Waals surface area contributed by atoms with E-state index in [1.807, 2.05) is 36.1 Å². The molecule has 138 valence electrons. The van der Waals surface area contributed by atoms with Gasteiger partial charge in [-0.05, 0) is 44.4 Å². The van der Waals surface area contributed by atoms with Crippen LogP contribution in [0.15, 0.2) is 30.5 Å². The lowest BCUT2D eigenvalue weighted by atomic mass is 10.0. The van der Waals surface area contributed by atoms with Gasteiger partial charge >= 0.3 is 0 Å². The molecule has 0 spiro atoms. The number of likely N-dealkylation sites (tertiary alicyclic amines) is 1. The molecule has 0 N–H and O–H groups in total. The number of hydrogen-bond acceptors (Lipinski definition) is 4. The maximum atomic E-state index is 13.2. The Kier molecular flexibility index (Phi) is 4.98. The second-order valence-electron chi connectivity index (χ2n) is 6.71. The normalized spacial score (nSPS) is 21.3. The van der Waals surface area contributed by atoms with Crippen LogP contribution in [0.3, 0.4) is 0 Å². The lowest BCUT2D eigenvalue weighted by Crippen LogP contribution is -2.50. The van der Waals surface area contributed by atoms with Crippen LogP contribution in [-0.2, 0) is 9.47 Å². The van der Waals surface area contributed by atoms with Gasteiger partial charge in [0.2, 0.25) is 0 Å². The summed E-state index contributed by atoms with van der Waals surface area (Å²) in [5.74, 6) is -0.0143. The van der Waals surface area contributed by atoms with E-state index in [0.29, 0.717) is 30.3 Å². The van der Waals surface area contributed by atoms with Crippen LogP contribution in [0.5, 0.6) is 0 Å². The van der Waals surface area contributed by atoms with Crippen molar-refractivity contribution >= 4 is 17.5 Å². The molecule has 4 rings (SSSR count). The van der Waals surface area contributed by atoms with Gasteiger partial charge in [0.05, 0.1) is 42.4 Å². The van der Waals surface area contributed by atoms with Crippen molar-refractivity contribution in [2.24, 2.45) is 0 Å². The number of benzene rings is 1. The van der Waals surface area contributed by atoms with E-state index >= 15 is 0 Å². The molecule has 7 heteroatoms. The molecule has 2 aromatic rings. The summed E-state index contributed by atoms with van der Waals surface area (Å²) < 4.78 is 13.1. The number of nitrogens with zero attached hydrogens (tertiary/aromatic N) is 3. The monoisotopic (exact) mass is 375 g/mol. The lowest BCUT2D eigenvalue weighted by molar-refractivity contribution is -0.100. The van der Waals surface area contributed by atoms with Crippen LogP contribution in [0.2, 0.25) is 5.02 Å². The average Bonchev–Trinajstić information content (AvgIpc) is 3.31. The van der Waals surface area contributed by atoms with Gasteiger partial charge in [-0.1, -0.05) is 17.7 Å². The fourth-order valence-corrected chi connectivity index (χ4v) is 3.92. The average molecular weight is 376 g/mol. The Morgan fingerprint density at radius 3 is 2.85 bits per heavy atom. The Morgan fingerprint density at radius 1 is 1.27 bits per heavy atom. The highest BCUT2D eigenvalue weighted by Gasteiger charge is 2.37. The lowest BCUT2D eigenvalue weighted by Gasteiger charge is -2.37. The molecule has 0 aliphatic carbocycles. The van der Waals surface area contributed by atoms with E-state index in [2.05, 4.69) is 5.10 Å². The van der Waals surface area contributed by atoms with Crippen LogP contribution in [0, 0.1) is 6.92 Å². The van der Waals surface area contributed by atoms with E-state index in [-0.39, 0.29) is 18.2 Å². The molecule has 6 nitrogen and oxygen atoms in total. The quantitative estimate of drug-likeness (QED) is 0.826. The fraction of sp³-hybridized carbons (Fsp3) is 0.474. The first-order valence-electron chi connectivity index (χ1n) is 9.00. The van der Waals surface area contributed by atoms with Crippen LogP contribution in [0.1, 0.15) is 35.3 Å². The summed E-state index contributed by atoms with van der Waals surface area (Å²) in [6, 6.07) is 7.41. The van der Waals surface area contributed by atoms with Crippen LogP contribution in [-0.4, -0.2) is 52.7 Å². The van der Waals surface area contributed by atoms with Gasteiger partial charge in [0.1, 0.15) is 0 Å². The number of carbonyl (C=O) groups excluding carboxylic acids is 1. The standard InChI is InChI=1S/C19H22ClN3O3/c1-13-16(12-21-23(13)15-6-4-5-14(20)11-15)18(24)22-8-3-2-7-17(22)19-25-9-10-26-19/h4-6,11-12,17,19H,2-3,7-10H2,1H3. The highest BCUT2D eigenvalue weighted by atomic mass is 35.5. The molecule has 2 fully saturated rings. The molecular weight excluding hydrogens is 354 g/mol. The van der Waals surface area contributed by atoms with Gasteiger partial charge in [0.25, 0.3) is 5.91 Å². The highest BCUT2D eigenvalue weighted by molar-refractivity contribution is 6.30. The highest BCUT2D eigenvalue weighted by Crippen LogP contribution is 2.27. The SMILES string of the molecule is Cc1c(C(=O)N2CCCCC2C2OCCO2)cnn1-c1cccc(Cl)c1. The maximum absolute atomic E-state index is 13.2. The van der Waals surface area contributed by atoms with Crippen molar-refractivity contribution < 1.29 is 14.3 Å². The van der Waals surface area contributed by atoms with Crippen molar-refractivity contribution in [1.29, 1.82) is 0 Å². The Labute approximate surface area is 157 Å². The Balaban J connectivity index is 1.61. The number of aromatic nitrogens is 2. The Morgan fingerprint density at radius 2 is 2.08 bits per heavy atom. The molecule has 1 unspecified atom stereocenters. The molecule has 2 saturated heterocycles. The number of amides is 1. The molecule has 26 heavy (non-hydrogen) atoms. The predicted octanol–water partition coefficient (Wildman–Crippen LogP) is 3.20. The Hall–Kier alpha value is -1.89. The van der Waals surface area contributed by atoms with E-state index in [1.165, 1.54) is 0 Å². The van der Waals surface area contributed by atoms with Crippen LogP contribution >= 0.6 is 11.6 Å². The second-order valence-corrected chi connectivity index (χ2v) is 7.14. The summed E-state index contributed by atoms with van der Waals surface area (Å²) in [6.45, 7) is 3.81. The summed E-state index contributed by atoms with van der Waals surface area (Å²) in [5.41, 5.74) is 2.25. The minimum Gasteiger partial charge on any atom is -0.348 e. The number of halogens is 1. The number of rotatable bonds is 3. The zero-order chi connectivity index (χ0) is 18.1. The van der Waals surface area contributed by atoms with Gasteiger partial charge in [-0.15, -0.1) is 0 Å². The minimum atomic E-state index is -0.317. The molecule has 2 aliphatic heterocycles. The third-order valence-corrected chi connectivity index (χ3v) is 5.30. The first-order chi connectivity index (χ1) is 12.6. The van der Waals surface area contributed by atoms with E-state index in [1.54, 1.807) is 10.9 Å². The summed E-state index contributed by atoms with van der Waals surface area (Å²) in [6.07, 6.45) is 4.30. The van der Waals surface area contributed by atoms with Crippen molar-refractivity contribution in [3.8, 4) is 5.69 Å². The van der Waals surface area contributed by atoms with E-state index < -0.39 is 0 Å². The summed E-state index contributed by atoms with van der Waals surface area (Å²) >= 11 is 6.09. The predicted molar refractivity (Wildman–Crippen MR) is 97.7 cm³/mol. The van der Waals surface area contributed by atoms with Gasteiger partial charge in [0, 0.05) is 11.6 Å². The molecule has 1 aromatic carbocycles. The van der Waals surface area contributed by atoms with Gasteiger partial charge in [-0.25, -0.2) is 4.68 Å². The smallest absolute Gasteiger partial charge is 0.257 e. The fourth-order valence-electron chi connectivity index (χ4n) is 3.73. The zero-order valence-electron chi connectivity index (χ0n) is 14.7. The van der Waals surface area contributed by atoms with Gasteiger partial charge in [-0.2, -0.15) is 5.10 Å². The zero-order valence-corrected chi connectivity index (χ0v) is 15.5. The summed E-state index contributed by atoms with van der Waals surface area (Å²) in [5, 5.41) is 5.05. The molecule has 0 bridgehead atoms. The van der Waals surface area contributed by atoms with Crippen molar-refractivity contribution in [2.75, 3.05) is 19.8 Å². The topological polar surface area (TPSA) is 56.6 Å². The molecule has 1 amide bonds. The number of ether oxygens (including phenoxy) is 2. The van der Waals surface area contributed by atoms with E-state index in [9.17, 15) is 4.79 Å². The van der Waals surface area contributed by atoms with Crippen molar-refractivity contribution in [1.82, 2.24) is 14.7 Å². The number of piperidine rings is 1. The Bertz CT molecular complexity index is 801. The van der Waals surface area contributed by atoms with Gasteiger partial charge < -0.3 is 14.4 Å². The minimum absolute atomic E-state index is 0.0143. The van der Waals surface area contributed by atoms with Gasteiger partial charge in [0.15, 0.2) is 6.29 Å². The third kappa shape index (κ3) is 3.24. The van der Waals surface area contributed by atoms with E-state index in [4.69, 9.17) is 21.1 Å². The maximum Gasteiger partial charge on any atom is 0.257 e. The van der Waals surface area contributed by atoms with Crippen molar-refractivity contribution in [3.63, 3.8) is 0 Å². The molecule has 0 radical (unpaired) electrons. The largest absolute Gasteiger partial charge is 0.348 e. The summed E-state index contributed by atoms with van der Waals surface area (Å²) in [7, 11) is 0. The second kappa shape index (κ2) is 7.39. The first kappa shape index (κ1) is 17.5. The van der Waals surface area contributed by atoms with Crippen LogP contribution < -0.4 is 0 Å². The number of carbonyl (C=O) groups is 1. The van der Waals surface area contributed by atoms with E-state index in [0.717, 1.165) is 30.6 Å². The van der Waals surface area contributed by atoms with Crippen molar-refractivity contribution in [2.45, 2.75) is 38.5 Å². The molecule has 1 atom stereocenters.